The molecule has 0 aliphatic carbocycles. The van der Waals surface area contributed by atoms with Crippen LogP contribution in [0.5, 0.6) is 0 Å². The molecule has 18 heavy (non-hydrogen) atoms. The second-order valence-corrected chi connectivity index (χ2v) is 4.34. The fourth-order valence-electron chi connectivity index (χ4n) is 1.37. The van der Waals surface area contributed by atoms with E-state index in [-0.39, 0.29) is 6.29 Å². The van der Waals surface area contributed by atoms with Crippen molar-refractivity contribution in [3.63, 3.8) is 0 Å². The molecule has 0 radical (unpaired) electrons. The summed E-state index contributed by atoms with van der Waals surface area (Å²) in [6, 6.07) is 5.29. The Morgan fingerprint density at radius 2 is 1.89 bits per heavy atom. The van der Waals surface area contributed by atoms with E-state index in [1.807, 2.05) is 19.9 Å². The monoisotopic (exact) mass is 289 g/mol. The third-order valence-corrected chi connectivity index (χ3v) is 2.71. The number of benzene rings is 1. The molecule has 0 fully saturated rings. The lowest BCUT2D eigenvalue weighted by Crippen LogP contribution is -2.20. The molecule has 0 N–H and O–H groups in total. The number of nitrogens with zero attached hydrogens (tertiary/aromatic N) is 1. The minimum absolute atomic E-state index is 0.303. The zero-order valence-electron chi connectivity index (χ0n) is 10.5. The van der Waals surface area contributed by atoms with Crippen LogP contribution in [0.25, 0.3) is 0 Å². The molecule has 1 aromatic carbocycles. The van der Waals surface area contributed by atoms with Gasteiger partial charge in [-0.2, -0.15) is 0 Å². The zero-order chi connectivity index (χ0) is 13.4. The lowest BCUT2D eigenvalue weighted by Gasteiger charge is -2.14. The van der Waals surface area contributed by atoms with Gasteiger partial charge in [-0.25, -0.2) is 0 Å². The van der Waals surface area contributed by atoms with E-state index in [2.05, 4.69) is 4.99 Å². The number of rotatable bonds is 7. The Balaban J connectivity index is 2.57. The summed E-state index contributed by atoms with van der Waals surface area (Å²) in [5.41, 5.74) is 0.827. The van der Waals surface area contributed by atoms with Gasteiger partial charge in [0.25, 0.3) is 0 Å². The highest BCUT2D eigenvalue weighted by molar-refractivity contribution is 6.36. The summed E-state index contributed by atoms with van der Waals surface area (Å²) in [5, 5.41) is 1.19. The largest absolute Gasteiger partial charge is 0.351 e. The van der Waals surface area contributed by atoms with Gasteiger partial charge in [-0.05, 0) is 26.0 Å². The summed E-state index contributed by atoms with van der Waals surface area (Å²) >= 11 is 11.8. The summed E-state index contributed by atoms with van der Waals surface area (Å²) in [5.74, 6) is 0. The number of halogens is 2. The lowest BCUT2D eigenvalue weighted by atomic mass is 10.2. The summed E-state index contributed by atoms with van der Waals surface area (Å²) in [6.45, 7) is 5.49. The maximum absolute atomic E-state index is 6.03. The first-order valence-electron chi connectivity index (χ1n) is 5.85. The van der Waals surface area contributed by atoms with Gasteiger partial charge in [0, 0.05) is 30.0 Å². The Labute approximate surface area is 118 Å². The first-order chi connectivity index (χ1) is 8.67. The summed E-state index contributed by atoms with van der Waals surface area (Å²) in [4.78, 5) is 4.27. The van der Waals surface area contributed by atoms with Crippen molar-refractivity contribution < 1.29 is 9.47 Å². The molecule has 0 aromatic heterocycles. The van der Waals surface area contributed by atoms with Crippen LogP contribution in [0.3, 0.4) is 0 Å². The van der Waals surface area contributed by atoms with Crippen LogP contribution in [-0.4, -0.2) is 32.3 Å². The standard InChI is InChI=1S/C13H17Cl2NO2/c1-3-17-13(18-4-2)9-16-8-10-5-6-11(14)7-12(10)15/h5-8,13H,3-4,9H2,1-2H3. The van der Waals surface area contributed by atoms with Crippen molar-refractivity contribution in [1.29, 1.82) is 0 Å². The van der Waals surface area contributed by atoms with Gasteiger partial charge in [0.2, 0.25) is 0 Å². The maximum atomic E-state index is 6.03. The molecule has 0 heterocycles. The smallest absolute Gasteiger partial charge is 0.176 e. The highest BCUT2D eigenvalue weighted by Crippen LogP contribution is 2.19. The molecule has 5 heteroatoms. The molecule has 1 aromatic rings. The van der Waals surface area contributed by atoms with Crippen LogP contribution in [0.15, 0.2) is 23.2 Å². The van der Waals surface area contributed by atoms with Crippen molar-refractivity contribution in [1.82, 2.24) is 0 Å². The number of hydrogen-bond acceptors (Lipinski definition) is 3. The minimum Gasteiger partial charge on any atom is -0.351 e. The van der Waals surface area contributed by atoms with Gasteiger partial charge >= 0.3 is 0 Å². The van der Waals surface area contributed by atoms with Crippen molar-refractivity contribution in [3.05, 3.63) is 33.8 Å². The quantitative estimate of drug-likeness (QED) is 0.564. The Kier molecular flexibility index (Phi) is 7.28. The van der Waals surface area contributed by atoms with Crippen molar-refractivity contribution >= 4 is 29.4 Å². The predicted octanol–water partition coefficient (Wildman–Crippen LogP) is 3.81. The van der Waals surface area contributed by atoms with Crippen molar-refractivity contribution in [2.24, 2.45) is 4.99 Å². The molecule has 0 bridgehead atoms. The molecule has 0 saturated carbocycles. The van der Waals surface area contributed by atoms with Gasteiger partial charge in [0.05, 0.1) is 11.6 Å². The Morgan fingerprint density at radius 3 is 2.44 bits per heavy atom. The molecule has 0 atom stereocenters. The molecular formula is C13H17Cl2NO2. The topological polar surface area (TPSA) is 30.8 Å². The van der Waals surface area contributed by atoms with E-state index in [9.17, 15) is 0 Å². The van der Waals surface area contributed by atoms with Gasteiger partial charge in [0.1, 0.15) is 0 Å². The number of aliphatic imine (C=N–C) groups is 1. The first kappa shape index (κ1) is 15.4. The van der Waals surface area contributed by atoms with Crippen LogP contribution in [0.2, 0.25) is 10.0 Å². The van der Waals surface area contributed by atoms with E-state index < -0.39 is 0 Å². The second-order valence-electron chi connectivity index (χ2n) is 3.50. The van der Waals surface area contributed by atoms with Gasteiger partial charge in [-0.15, -0.1) is 0 Å². The molecule has 100 valence electrons. The van der Waals surface area contributed by atoms with Crippen molar-refractivity contribution in [2.45, 2.75) is 20.1 Å². The molecule has 0 unspecified atom stereocenters. The third-order valence-electron chi connectivity index (χ3n) is 2.15. The number of hydrogen-bond donors (Lipinski definition) is 0. The normalized spacial score (nSPS) is 11.6. The van der Waals surface area contributed by atoms with Crippen LogP contribution in [0, 0.1) is 0 Å². The summed E-state index contributed by atoms with van der Waals surface area (Å²) in [7, 11) is 0. The van der Waals surface area contributed by atoms with Crippen molar-refractivity contribution in [3.8, 4) is 0 Å². The third kappa shape index (κ3) is 5.36. The highest BCUT2D eigenvalue weighted by atomic mass is 35.5. The van der Waals surface area contributed by atoms with E-state index in [0.717, 1.165) is 5.56 Å². The predicted molar refractivity (Wildman–Crippen MR) is 76.0 cm³/mol. The number of ether oxygens (including phenoxy) is 2. The first-order valence-corrected chi connectivity index (χ1v) is 6.61. The van der Waals surface area contributed by atoms with Crippen LogP contribution < -0.4 is 0 Å². The minimum atomic E-state index is -0.303. The fourth-order valence-corrected chi connectivity index (χ4v) is 1.83. The molecule has 3 nitrogen and oxygen atoms in total. The summed E-state index contributed by atoms with van der Waals surface area (Å²) < 4.78 is 10.8. The van der Waals surface area contributed by atoms with Gasteiger partial charge in [-0.3, -0.25) is 4.99 Å². The fraction of sp³-hybridized carbons (Fsp3) is 0.462. The molecule has 1 rings (SSSR count). The SMILES string of the molecule is CCOC(CN=Cc1ccc(Cl)cc1Cl)OCC. The molecule has 0 saturated heterocycles. The Hall–Kier alpha value is -0.610. The average Bonchev–Trinajstić information content (AvgIpc) is 2.32. The molecule has 0 aliphatic heterocycles. The van der Waals surface area contributed by atoms with E-state index >= 15 is 0 Å². The van der Waals surface area contributed by atoms with Gasteiger partial charge in [-0.1, -0.05) is 29.3 Å². The second kappa shape index (κ2) is 8.48. The Bertz CT molecular complexity index is 391. The zero-order valence-corrected chi connectivity index (χ0v) is 12.0. The van der Waals surface area contributed by atoms with Crippen molar-refractivity contribution in [2.75, 3.05) is 19.8 Å². The van der Waals surface area contributed by atoms with E-state index in [0.29, 0.717) is 29.8 Å². The van der Waals surface area contributed by atoms with E-state index in [1.165, 1.54) is 0 Å². The van der Waals surface area contributed by atoms with Crippen LogP contribution in [0.1, 0.15) is 19.4 Å². The lowest BCUT2D eigenvalue weighted by molar-refractivity contribution is -0.128. The van der Waals surface area contributed by atoms with E-state index in [1.54, 1.807) is 18.3 Å². The highest BCUT2D eigenvalue weighted by Gasteiger charge is 2.05. The average molecular weight is 290 g/mol. The molecule has 0 aliphatic rings. The molecular weight excluding hydrogens is 273 g/mol. The Morgan fingerprint density at radius 1 is 1.22 bits per heavy atom. The molecule has 0 spiro atoms. The van der Waals surface area contributed by atoms with Crippen LogP contribution >= 0.6 is 23.2 Å². The molecule has 0 amide bonds. The maximum Gasteiger partial charge on any atom is 0.176 e. The van der Waals surface area contributed by atoms with E-state index in [4.69, 9.17) is 32.7 Å². The van der Waals surface area contributed by atoms with Gasteiger partial charge in [0.15, 0.2) is 6.29 Å². The van der Waals surface area contributed by atoms with Gasteiger partial charge < -0.3 is 9.47 Å². The van der Waals surface area contributed by atoms with Crippen LogP contribution in [-0.2, 0) is 9.47 Å². The van der Waals surface area contributed by atoms with Crippen LogP contribution in [0.4, 0.5) is 0 Å². The summed E-state index contributed by atoms with van der Waals surface area (Å²) in [6.07, 6.45) is 1.39.